The largest absolute Gasteiger partial charge is 0.493 e. The second kappa shape index (κ2) is 9.59. The molecule has 0 saturated heterocycles. The van der Waals surface area contributed by atoms with Crippen LogP contribution < -0.4 is 14.8 Å². The summed E-state index contributed by atoms with van der Waals surface area (Å²) >= 11 is 0. The van der Waals surface area contributed by atoms with Gasteiger partial charge in [-0.3, -0.25) is 14.9 Å². The molecule has 0 fully saturated rings. The summed E-state index contributed by atoms with van der Waals surface area (Å²) in [6.07, 6.45) is 0. The van der Waals surface area contributed by atoms with Crippen LogP contribution in [0.2, 0.25) is 0 Å². The van der Waals surface area contributed by atoms with E-state index in [9.17, 15) is 14.9 Å². The molecular weight excluding hydrogens is 308 g/mol. The molecule has 0 aliphatic rings. The Kier molecular flexibility index (Phi) is 7.78. The lowest BCUT2D eigenvalue weighted by molar-refractivity contribution is -0.385. The molecule has 0 unspecified atom stereocenters. The first-order valence-corrected chi connectivity index (χ1v) is 6.80. The third-order valence-electron chi connectivity index (χ3n) is 2.86. The van der Waals surface area contributed by atoms with Gasteiger partial charge in [0.1, 0.15) is 12.2 Å². The van der Waals surface area contributed by atoms with Crippen molar-refractivity contribution in [2.24, 2.45) is 0 Å². The first-order valence-electron chi connectivity index (χ1n) is 6.80. The fourth-order valence-corrected chi connectivity index (χ4v) is 1.75. The standard InChI is InChI=1S/C14H20N2O7/c1-20-5-4-15-14(17)10-8-12(22-3)13(23-7-6-21-2)9-11(10)16(18)19/h8-9H,4-7H2,1-3H3,(H,15,17). The highest BCUT2D eigenvalue weighted by Crippen LogP contribution is 2.34. The number of amides is 1. The van der Waals surface area contributed by atoms with Gasteiger partial charge in [0.2, 0.25) is 0 Å². The van der Waals surface area contributed by atoms with Crippen molar-refractivity contribution in [1.29, 1.82) is 0 Å². The maximum absolute atomic E-state index is 12.1. The molecule has 0 heterocycles. The lowest BCUT2D eigenvalue weighted by Gasteiger charge is -2.12. The number of rotatable bonds is 10. The molecule has 1 rings (SSSR count). The van der Waals surface area contributed by atoms with Gasteiger partial charge in [-0.1, -0.05) is 0 Å². The summed E-state index contributed by atoms with van der Waals surface area (Å²) in [5.41, 5.74) is -0.477. The van der Waals surface area contributed by atoms with Crippen molar-refractivity contribution in [3.63, 3.8) is 0 Å². The molecule has 0 aromatic heterocycles. The van der Waals surface area contributed by atoms with Crippen LogP contribution in [0.4, 0.5) is 5.69 Å². The van der Waals surface area contributed by atoms with Crippen LogP contribution in [0.1, 0.15) is 10.4 Å². The Morgan fingerprint density at radius 2 is 1.83 bits per heavy atom. The molecule has 1 aromatic rings. The Morgan fingerprint density at radius 3 is 2.39 bits per heavy atom. The number of nitro benzene ring substituents is 1. The van der Waals surface area contributed by atoms with Crippen LogP contribution in [-0.2, 0) is 9.47 Å². The van der Waals surface area contributed by atoms with Gasteiger partial charge in [-0.25, -0.2) is 0 Å². The van der Waals surface area contributed by atoms with Gasteiger partial charge in [0.25, 0.3) is 11.6 Å². The Morgan fingerprint density at radius 1 is 1.13 bits per heavy atom. The van der Waals surface area contributed by atoms with E-state index in [4.69, 9.17) is 18.9 Å². The van der Waals surface area contributed by atoms with Gasteiger partial charge in [0.05, 0.1) is 31.3 Å². The van der Waals surface area contributed by atoms with Crippen molar-refractivity contribution < 1.29 is 28.7 Å². The number of nitro groups is 1. The number of nitrogens with zero attached hydrogens (tertiary/aromatic N) is 1. The first-order chi connectivity index (χ1) is 11.0. The smallest absolute Gasteiger partial charge is 0.286 e. The second-order valence-corrected chi connectivity index (χ2v) is 4.37. The number of ether oxygens (including phenoxy) is 4. The Balaban J connectivity index is 3.09. The monoisotopic (exact) mass is 328 g/mol. The summed E-state index contributed by atoms with van der Waals surface area (Å²) < 4.78 is 20.2. The van der Waals surface area contributed by atoms with Crippen molar-refractivity contribution in [2.75, 3.05) is 47.7 Å². The summed E-state index contributed by atoms with van der Waals surface area (Å²) in [4.78, 5) is 22.7. The van der Waals surface area contributed by atoms with Crippen molar-refractivity contribution in [3.8, 4) is 11.5 Å². The highest BCUT2D eigenvalue weighted by atomic mass is 16.6. The quantitative estimate of drug-likeness (QED) is 0.388. The van der Waals surface area contributed by atoms with Crippen LogP contribution in [0.3, 0.4) is 0 Å². The molecule has 128 valence electrons. The van der Waals surface area contributed by atoms with E-state index >= 15 is 0 Å². The van der Waals surface area contributed by atoms with E-state index in [2.05, 4.69) is 5.32 Å². The maximum atomic E-state index is 12.1. The molecule has 1 N–H and O–H groups in total. The number of nitrogens with one attached hydrogen (secondary N) is 1. The molecule has 23 heavy (non-hydrogen) atoms. The van der Waals surface area contributed by atoms with Gasteiger partial charge in [-0.15, -0.1) is 0 Å². The van der Waals surface area contributed by atoms with E-state index in [1.165, 1.54) is 33.5 Å². The van der Waals surface area contributed by atoms with Crippen LogP contribution in [0.15, 0.2) is 12.1 Å². The van der Waals surface area contributed by atoms with E-state index in [1.54, 1.807) is 0 Å². The van der Waals surface area contributed by atoms with Crippen molar-refractivity contribution >= 4 is 11.6 Å². The summed E-state index contributed by atoms with van der Waals surface area (Å²) in [5.74, 6) is -0.191. The van der Waals surface area contributed by atoms with E-state index in [0.717, 1.165) is 0 Å². The van der Waals surface area contributed by atoms with E-state index in [0.29, 0.717) is 13.2 Å². The van der Waals surface area contributed by atoms with Crippen molar-refractivity contribution in [1.82, 2.24) is 5.32 Å². The lowest BCUT2D eigenvalue weighted by Crippen LogP contribution is -2.27. The number of hydrogen-bond acceptors (Lipinski definition) is 7. The zero-order valence-corrected chi connectivity index (χ0v) is 13.3. The molecule has 0 bridgehead atoms. The molecule has 0 aliphatic heterocycles. The van der Waals surface area contributed by atoms with E-state index in [1.807, 2.05) is 0 Å². The minimum absolute atomic E-state index is 0.109. The lowest BCUT2D eigenvalue weighted by atomic mass is 10.1. The number of carbonyl (C=O) groups excluding carboxylic acids is 1. The molecule has 0 spiro atoms. The maximum Gasteiger partial charge on any atom is 0.286 e. The third kappa shape index (κ3) is 5.38. The van der Waals surface area contributed by atoms with Crippen LogP contribution in [0.5, 0.6) is 11.5 Å². The van der Waals surface area contributed by atoms with E-state index in [-0.39, 0.29) is 35.9 Å². The van der Waals surface area contributed by atoms with Crippen LogP contribution in [0, 0.1) is 10.1 Å². The minimum atomic E-state index is -0.645. The highest BCUT2D eigenvalue weighted by molar-refractivity contribution is 5.99. The zero-order valence-electron chi connectivity index (χ0n) is 13.3. The molecule has 0 atom stereocenters. The molecule has 0 aliphatic carbocycles. The summed E-state index contributed by atoms with van der Waals surface area (Å²) in [7, 11) is 4.39. The second-order valence-electron chi connectivity index (χ2n) is 4.37. The van der Waals surface area contributed by atoms with Gasteiger partial charge >= 0.3 is 0 Å². The van der Waals surface area contributed by atoms with Gasteiger partial charge in [-0.05, 0) is 0 Å². The van der Waals surface area contributed by atoms with Crippen molar-refractivity contribution in [2.45, 2.75) is 0 Å². The number of methoxy groups -OCH3 is 3. The fraction of sp³-hybridized carbons (Fsp3) is 0.500. The van der Waals surface area contributed by atoms with E-state index < -0.39 is 10.8 Å². The summed E-state index contributed by atoms with van der Waals surface area (Å²) in [6.45, 7) is 1.05. The molecule has 9 heteroatoms. The highest BCUT2D eigenvalue weighted by Gasteiger charge is 2.24. The molecule has 1 aromatic carbocycles. The Bertz CT molecular complexity index is 548. The van der Waals surface area contributed by atoms with Gasteiger partial charge in [0, 0.05) is 26.8 Å². The summed E-state index contributed by atoms with van der Waals surface area (Å²) in [6, 6.07) is 2.45. The van der Waals surface area contributed by atoms with Crippen LogP contribution in [-0.4, -0.2) is 58.5 Å². The number of benzene rings is 1. The van der Waals surface area contributed by atoms with Crippen molar-refractivity contribution in [3.05, 3.63) is 27.8 Å². The van der Waals surface area contributed by atoms with Gasteiger partial charge in [-0.2, -0.15) is 0 Å². The third-order valence-corrected chi connectivity index (χ3v) is 2.86. The molecule has 0 saturated carbocycles. The molecule has 9 nitrogen and oxygen atoms in total. The normalized spacial score (nSPS) is 10.2. The topological polar surface area (TPSA) is 109 Å². The summed E-state index contributed by atoms with van der Waals surface area (Å²) in [5, 5.41) is 13.8. The molecular formula is C14H20N2O7. The predicted molar refractivity (Wildman–Crippen MR) is 81.2 cm³/mol. The average molecular weight is 328 g/mol. The average Bonchev–Trinajstić information content (AvgIpc) is 2.54. The van der Waals surface area contributed by atoms with Gasteiger partial charge in [0.15, 0.2) is 11.5 Å². The Labute approximate surface area is 133 Å². The first kappa shape index (κ1) is 18.7. The molecule has 1 amide bonds. The van der Waals surface area contributed by atoms with Crippen LogP contribution in [0.25, 0.3) is 0 Å². The molecule has 0 radical (unpaired) electrons. The van der Waals surface area contributed by atoms with Gasteiger partial charge < -0.3 is 24.3 Å². The predicted octanol–water partition coefficient (Wildman–Crippen LogP) is 1.00. The fourth-order valence-electron chi connectivity index (χ4n) is 1.75. The minimum Gasteiger partial charge on any atom is -0.493 e. The van der Waals surface area contributed by atoms with Crippen LogP contribution >= 0.6 is 0 Å². The Hall–Kier alpha value is -2.39. The number of hydrogen-bond donors (Lipinski definition) is 1. The SMILES string of the molecule is COCCNC(=O)c1cc(OC)c(OCCOC)cc1[N+](=O)[O-]. The zero-order chi connectivity index (χ0) is 17.2. The number of carbonyl (C=O) groups is 1.